The second kappa shape index (κ2) is 5.53. The summed E-state index contributed by atoms with van der Waals surface area (Å²) in [4.78, 5) is 10.4. The SMILES string of the molecule is CC(CCC(=O)O)Nc1cnn(C(C)C)c1. The summed E-state index contributed by atoms with van der Waals surface area (Å²) in [5.41, 5.74) is 0.937. The highest BCUT2D eigenvalue weighted by molar-refractivity contribution is 5.66. The van der Waals surface area contributed by atoms with E-state index in [1.54, 1.807) is 6.20 Å². The molecule has 90 valence electrons. The van der Waals surface area contributed by atoms with Crippen molar-refractivity contribution in [2.75, 3.05) is 5.32 Å². The molecule has 0 aliphatic heterocycles. The first-order chi connectivity index (χ1) is 7.49. The number of anilines is 1. The van der Waals surface area contributed by atoms with Gasteiger partial charge < -0.3 is 10.4 Å². The van der Waals surface area contributed by atoms with Crippen molar-refractivity contribution < 1.29 is 9.90 Å². The van der Waals surface area contributed by atoms with Gasteiger partial charge in [0.1, 0.15) is 0 Å². The Bertz CT molecular complexity index is 347. The van der Waals surface area contributed by atoms with Crippen LogP contribution in [0.2, 0.25) is 0 Å². The normalized spacial score (nSPS) is 12.8. The quantitative estimate of drug-likeness (QED) is 0.778. The number of nitrogens with zero attached hydrogens (tertiary/aromatic N) is 2. The molecule has 1 aromatic rings. The second-order valence-corrected chi connectivity index (χ2v) is 4.28. The highest BCUT2D eigenvalue weighted by Crippen LogP contribution is 2.12. The van der Waals surface area contributed by atoms with Gasteiger partial charge in [0, 0.05) is 24.7 Å². The molecule has 5 nitrogen and oxygen atoms in total. The van der Waals surface area contributed by atoms with Crippen LogP contribution in [0, 0.1) is 0 Å². The first-order valence-electron chi connectivity index (χ1n) is 5.51. The van der Waals surface area contributed by atoms with Gasteiger partial charge in [0.25, 0.3) is 0 Å². The summed E-state index contributed by atoms with van der Waals surface area (Å²) in [5.74, 6) is -0.758. The van der Waals surface area contributed by atoms with Crippen LogP contribution < -0.4 is 5.32 Å². The Morgan fingerprint density at radius 3 is 2.75 bits per heavy atom. The molecule has 0 bridgehead atoms. The Morgan fingerprint density at radius 1 is 1.56 bits per heavy atom. The van der Waals surface area contributed by atoms with Crippen molar-refractivity contribution in [1.82, 2.24) is 9.78 Å². The number of rotatable bonds is 6. The molecule has 0 radical (unpaired) electrons. The third-order valence-electron chi connectivity index (χ3n) is 2.33. The average Bonchev–Trinajstić information content (AvgIpc) is 2.63. The Labute approximate surface area is 95.5 Å². The molecular weight excluding hydrogens is 206 g/mol. The molecule has 0 saturated heterocycles. The van der Waals surface area contributed by atoms with Crippen molar-refractivity contribution in [3.05, 3.63) is 12.4 Å². The highest BCUT2D eigenvalue weighted by Gasteiger charge is 2.07. The van der Waals surface area contributed by atoms with Gasteiger partial charge in [-0.15, -0.1) is 0 Å². The zero-order valence-corrected chi connectivity index (χ0v) is 9.97. The second-order valence-electron chi connectivity index (χ2n) is 4.28. The lowest BCUT2D eigenvalue weighted by Crippen LogP contribution is -2.16. The topological polar surface area (TPSA) is 67.2 Å². The minimum atomic E-state index is -0.758. The van der Waals surface area contributed by atoms with Crippen LogP contribution >= 0.6 is 0 Å². The average molecular weight is 225 g/mol. The zero-order chi connectivity index (χ0) is 12.1. The van der Waals surface area contributed by atoms with Crippen LogP contribution in [0.5, 0.6) is 0 Å². The molecule has 1 aromatic heterocycles. The number of hydrogen-bond donors (Lipinski definition) is 2. The van der Waals surface area contributed by atoms with E-state index in [0.29, 0.717) is 12.5 Å². The summed E-state index contributed by atoms with van der Waals surface area (Å²) >= 11 is 0. The van der Waals surface area contributed by atoms with Crippen LogP contribution in [0.3, 0.4) is 0 Å². The van der Waals surface area contributed by atoms with Gasteiger partial charge in [-0.3, -0.25) is 9.48 Å². The predicted molar refractivity (Wildman–Crippen MR) is 62.6 cm³/mol. The van der Waals surface area contributed by atoms with Crippen molar-refractivity contribution >= 4 is 11.7 Å². The molecule has 5 heteroatoms. The van der Waals surface area contributed by atoms with E-state index in [-0.39, 0.29) is 12.5 Å². The van der Waals surface area contributed by atoms with Crippen molar-refractivity contribution in [2.24, 2.45) is 0 Å². The predicted octanol–water partition coefficient (Wildman–Crippen LogP) is 2.13. The van der Waals surface area contributed by atoms with Gasteiger partial charge in [-0.25, -0.2) is 0 Å². The summed E-state index contributed by atoms with van der Waals surface area (Å²) in [6.07, 6.45) is 4.49. The molecular formula is C11H19N3O2. The molecule has 2 N–H and O–H groups in total. The monoisotopic (exact) mass is 225 g/mol. The van der Waals surface area contributed by atoms with Crippen molar-refractivity contribution in [3.63, 3.8) is 0 Å². The fourth-order valence-electron chi connectivity index (χ4n) is 1.39. The van der Waals surface area contributed by atoms with Crippen LogP contribution in [0.1, 0.15) is 39.7 Å². The fourth-order valence-corrected chi connectivity index (χ4v) is 1.39. The number of carboxylic acid groups (broad SMARTS) is 1. The van der Waals surface area contributed by atoms with Gasteiger partial charge in [-0.1, -0.05) is 0 Å². The largest absolute Gasteiger partial charge is 0.481 e. The Morgan fingerprint density at radius 2 is 2.25 bits per heavy atom. The number of aliphatic carboxylic acids is 1. The van der Waals surface area contributed by atoms with Crippen LogP contribution in [0.25, 0.3) is 0 Å². The van der Waals surface area contributed by atoms with E-state index in [9.17, 15) is 4.79 Å². The fraction of sp³-hybridized carbons (Fsp3) is 0.636. The molecule has 0 amide bonds. The standard InChI is InChI=1S/C11H19N3O2/c1-8(2)14-7-10(6-12-14)13-9(3)4-5-11(15)16/h6-9,13H,4-5H2,1-3H3,(H,15,16). The first-order valence-corrected chi connectivity index (χ1v) is 5.51. The number of aromatic nitrogens is 2. The molecule has 1 unspecified atom stereocenters. The lowest BCUT2D eigenvalue weighted by molar-refractivity contribution is -0.137. The van der Waals surface area contributed by atoms with E-state index in [1.807, 2.05) is 17.8 Å². The van der Waals surface area contributed by atoms with E-state index < -0.39 is 5.97 Å². The van der Waals surface area contributed by atoms with Crippen LogP contribution in [0.4, 0.5) is 5.69 Å². The van der Waals surface area contributed by atoms with Gasteiger partial charge in [0.2, 0.25) is 0 Å². The van der Waals surface area contributed by atoms with Gasteiger partial charge >= 0.3 is 5.97 Å². The van der Waals surface area contributed by atoms with Gasteiger partial charge in [0.15, 0.2) is 0 Å². The molecule has 0 aliphatic carbocycles. The maximum Gasteiger partial charge on any atom is 0.303 e. The van der Waals surface area contributed by atoms with E-state index in [0.717, 1.165) is 5.69 Å². The van der Waals surface area contributed by atoms with Crippen LogP contribution in [-0.2, 0) is 4.79 Å². The third-order valence-corrected chi connectivity index (χ3v) is 2.33. The van der Waals surface area contributed by atoms with Gasteiger partial charge in [-0.05, 0) is 27.2 Å². The van der Waals surface area contributed by atoms with Crippen LogP contribution in [-0.4, -0.2) is 26.9 Å². The lowest BCUT2D eigenvalue weighted by Gasteiger charge is -2.12. The molecule has 0 spiro atoms. The number of carboxylic acids is 1. The Kier molecular flexibility index (Phi) is 4.34. The minimum Gasteiger partial charge on any atom is -0.481 e. The zero-order valence-electron chi connectivity index (χ0n) is 9.97. The molecule has 0 aliphatic rings. The molecule has 0 aromatic carbocycles. The molecule has 0 fully saturated rings. The van der Waals surface area contributed by atoms with E-state index in [2.05, 4.69) is 24.3 Å². The number of nitrogens with one attached hydrogen (secondary N) is 1. The van der Waals surface area contributed by atoms with Crippen molar-refractivity contribution in [3.8, 4) is 0 Å². The maximum atomic E-state index is 10.4. The van der Waals surface area contributed by atoms with Gasteiger partial charge in [0.05, 0.1) is 11.9 Å². The molecule has 1 rings (SSSR count). The van der Waals surface area contributed by atoms with E-state index in [1.165, 1.54) is 0 Å². The summed E-state index contributed by atoms with van der Waals surface area (Å²) in [6, 6.07) is 0.478. The molecule has 0 saturated carbocycles. The summed E-state index contributed by atoms with van der Waals surface area (Å²) in [5, 5.41) is 16.0. The number of carbonyl (C=O) groups is 1. The summed E-state index contributed by atoms with van der Waals surface area (Å²) in [6.45, 7) is 6.09. The third kappa shape index (κ3) is 3.92. The Hall–Kier alpha value is -1.52. The summed E-state index contributed by atoms with van der Waals surface area (Å²) < 4.78 is 1.87. The summed E-state index contributed by atoms with van der Waals surface area (Å²) in [7, 11) is 0. The van der Waals surface area contributed by atoms with Crippen molar-refractivity contribution in [2.45, 2.75) is 45.7 Å². The lowest BCUT2D eigenvalue weighted by atomic mass is 10.2. The van der Waals surface area contributed by atoms with E-state index >= 15 is 0 Å². The number of hydrogen-bond acceptors (Lipinski definition) is 3. The van der Waals surface area contributed by atoms with Gasteiger partial charge in [-0.2, -0.15) is 5.10 Å². The molecule has 1 atom stereocenters. The highest BCUT2D eigenvalue weighted by atomic mass is 16.4. The maximum absolute atomic E-state index is 10.4. The molecule has 1 heterocycles. The minimum absolute atomic E-state index is 0.140. The molecule has 16 heavy (non-hydrogen) atoms. The van der Waals surface area contributed by atoms with E-state index in [4.69, 9.17) is 5.11 Å². The van der Waals surface area contributed by atoms with Crippen LogP contribution in [0.15, 0.2) is 12.4 Å². The smallest absolute Gasteiger partial charge is 0.303 e. The first kappa shape index (κ1) is 12.5. The van der Waals surface area contributed by atoms with Crippen molar-refractivity contribution in [1.29, 1.82) is 0 Å². The Balaban J connectivity index is 2.43.